The average molecular weight is 509 g/mol. The lowest BCUT2D eigenvalue weighted by molar-refractivity contribution is -0.139. The van der Waals surface area contributed by atoms with Crippen molar-refractivity contribution in [3.63, 3.8) is 0 Å². The van der Waals surface area contributed by atoms with E-state index in [9.17, 15) is 29.7 Å². The van der Waals surface area contributed by atoms with Crippen LogP contribution in [0.5, 0.6) is 0 Å². The fourth-order valence-electron chi connectivity index (χ4n) is 4.32. The van der Waals surface area contributed by atoms with Crippen molar-refractivity contribution in [2.45, 2.75) is 25.9 Å². The molecular formula is C27H32N4O6. The van der Waals surface area contributed by atoms with Crippen molar-refractivity contribution in [2.75, 3.05) is 45.8 Å². The maximum absolute atomic E-state index is 11.5. The van der Waals surface area contributed by atoms with Gasteiger partial charge in [0.2, 0.25) is 0 Å². The normalized spacial score (nSPS) is 16.2. The summed E-state index contributed by atoms with van der Waals surface area (Å²) in [7, 11) is 0. The van der Waals surface area contributed by atoms with Crippen LogP contribution in [0.1, 0.15) is 35.4 Å². The Balaban J connectivity index is 1.93. The van der Waals surface area contributed by atoms with Crippen LogP contribution in [0.2, 0.25) is 0 Å². The van der Waals surface area contributed by atoms with E-state index in [1.54, 1.807) is 14.7 Å². The molecule has 2 aromatic rings. The number of aliphatic carboxylic acids is 3. The van der Waals surface area contributed by atoms with Crippen LogP contribution in [-0.4, -0.2) is 98.7 Å². The number of hydrogen-bond donors (Lipinski definition) is 3. The monoisotopic (exact) mass is 508 g/mol. The summed E-state index contributed by atoms with van der Waals surface area (Å²) in [6, 6.07) is 13.2. The third-order valence-electron chi connectivity index (χ3n) is 5.80. The number of benzene rings is 1. The molecule has 37 heavy (non-hydrogen) atoms. The van der Waals surface area contributed by atoms with Gasteiger partial charge in [-0.05, 0) is 50.2 Å². The largest absolute Gasteiger partial charge is 0.480 e. The molecule has 2 bridgehead atoms. The third-order valence-corrected chi connectivity index (χ3v) is 5.80. The van der Waals surface area contributed by atoms with Crippen LogP contribution in [0.15, 0.2) is 42.5 Å². The predicted molar refractivity (Wildman–Crippen MR) is 136 cm³/mol. The highest BCUT2D eigenvalue weighted by atomic mass is 16.4. The Morgan fingerprint density at radius 2 is 1.11 bits per heavy atom. The molecule has 1 aliphatic heterocycles. The molecule has 0 atom stereocenters. The van der Waals surface area contributed by atoms with E-state index in [2.05, 4.69) is 11.8 Å². The standard InChI is InChI=1S/C27H32N4O6/c32-25(33)18-29-10-4-12-30(19-26(34)35)16-23-14-22(9-8-21-6-2-1-3-7-21)15-24(28-23)17-31(13-5-11-29)20-27(36)37/h1-3,6-7,14-15H,4-5,10-13,16-20H2,(H,32,33)(H,34,35)(H,36,37). The van der Waals surface area contributed by atoms with E-state index >= 15 is 0 Å². The first-order chi connectivity index (χ1) is 17.8. The summed E-state index contributed by atoms with van der Waals surface area (Å²) in [5, 5.41) is 28.1. The van der Waals surface area contributed by atoms with Crippen molar-refractivity contribution >= 4 is 17.9 Å². The molecule has 196 valence electrons. The highest BCUT2D eigenvalue weighted by Gasteiger charge is 2.18. The minimum atomic E-state index is -0.962. The number of pyridine rings is 1. The number of fused-ring (bicyclic) bond motifs is 2. The van der Waals surface area contributed by atoms with Crippen LogP contribution in [-0.2, 0) is 27.5 Å². The molecule has 3 N–H and O–H groups in total. The maximum atomic E-state index is 11.5. The van der Waals surface area contributed by atoms with Gasteiger partial charge in [-0.25, -0.2) is 0 Å². The van der Waals surface area contributed by atoms with Gasteiger partial charge in [0.25, 0.3) is 0 Å². The second-order valence-corrected chi connectivity index (χ2v) is 9.04. The van der Waals surface area contributed by atoms with Crippen molar-refractivity contribution in [1.82, 2.24) is 19.7 Å². The van der Waals surface area contributed by atoms with Crippen LogP contribution in [0.3, 0.4) is 0 Å². The van der Waals surface area contributed by atoms with E-state index in [1.165, 1.54) is 0 Å². The fraction of sp³-hybridized carbons (Fsp3) is 0.407. The molecule has 2 heterocycles. The SMILES string of the molecule is O=C(O)CN1CCCN(CC(=O)O)Cc2cc(C#Cc3ccccc3)cc(n2)CN(CC(=O)O)CCC1. The molecule has 0 saturated carbocycles. The molecule has 1 aromatic carbocycles. The molecule has 3 rings (SSSR count). The second-order valence-electron chi connectivity index (χ2n) is 9.04. The number of aromatic nitrogens is 1. The van der Waals surface area contributed by atoms with Crippen molar-refractivity contribution < 1.29 is 29.7 Å². The lowest BCUT2D eigenvalue weighted by Crippen LogP contribution is -2.38. The van der Waals surface area contributed by atoms with Gasteiger partial charge in [0.1, 0.15) is 0 Å². The molecule has 10 heteroatoms. The zero-order valence-electron chi connectivity index (χ0n) is 20.7. The molecule has 0 spiro atoms. The van der Waals surface area contributed by atoms with Crippen LogP contribution in [0, 0.1) is 11.8 Å². The van der Waals surface area contributed by atoms with E-state index in [4.69, 9.17) is 4.98 Å². The molecule has 1 aromatic heterocycles. The third kappa shape index (κ3) is 10.4. The Morgan fingerprint density at radius 1 is 0.676 bits per heavy atom. The van der Waals surface area contributed by atoms with Gasteiger partial charge in [-0.2, -0.15) is 0 Å². The van der Waals surface area contributed by atoms with Gasteiger partial charge in [0, 0.05) is 37.3 Å². The number of nitrogens with zero attached hydrogens (tertiary/aromatic N) is 4. The molecule has 0 radical (unpaired) electrons. The number of carboxylic acids is 3. The van der Waals surface area contributed by atoms with E-state index in [-0.39, 0.29) is 32.7 Å². The Labute approximate surface area is 216 Å². The number of carboxylic acid groups (broad SMARTS) is 3. The van der Waals surface area contributed by atoms with Gasteiger partial charge in [0.05, 0.1) is 31.0 Å². The van der Waals surface area contributed by atoms with Gasteiger partial charge in [-0.15, -0.1) is 0 Å². The Morgan fingerprint density at radius 3 is 1.59 bits per heavy atom. The summed E-state index contributed by atoms with van der Waals surface area (Å²) in [4.78, 5) is 44.4. The molecule has 0 unspecified atom stereocenters. The van der Waals surface area contributed by atoms with Gasteiger partial charge in [0.15, 0.2) is 0 Å². The molecule has 1 aliphatic rings. The summed E-state index contributed by atoms with van der Waals surface area (Å²) in [6.07, 6.45) is 1.17. The summed E-state index contributed by atoms with van der Waals surface area (Å²) in [6.45, 7) is 1.97. The Bertz CT molecular complexity index is 1090. The lowest BCUT2D eigenvalue weighted by Gasteiger charge is -2.27. The van der Waals surface area contributed by atoms with Crippen LogP contribution >= 0.6 is 0 Å². The van der Waals surface area contributed by atoms with Crippen LogP contribution in [0.4, 0.5) is 0 Å². The van der Waals surface area contributed by atoms with Crippen molar-refractivity contribution in [3.05, 3.63) is 65.0 Å². The summed E-state index contributed by atoms with van der Waals surface area (Å²) in [5.41, 5.74) is 2.86. The quantitative estimate of drug-likeness (QED) is 0.492. The Kier molecular flexibility index (Phi) is 10.6. The molecule has 0 aliphatic carbocycles. The Hall–Kier alpha value is -3.78. The smallest absolute Gasteiger partial charge is 0.317 e. The topological polar surface area (TPSA) is 135 Å². The highest BCUT2D eigenvalue weighted by molar-refractivity contribution is 5.69. The van der Waals surface area contributed by atoms with Gasteiger partial charge < -0.3 is 15.3 Å². The number of rotatable bonds is 6. The van der Waals surface area contributed by atoms with Gasteiger partial charge >= 0.3 is 17.9 Å². The minimum absolute atomic E-state index is 0.123. The van der Waals surface area contributed by atoms with Crippen molar-refractivity contribution in [1.29, 1.82) is 0 Å². The van der Waals surface area contributed by atoms with Gasteiger partial charge in [-0.3, -0.25) is 34.1 Å². The summed E-state index contributed by atoms with van der Waals surface area (Å²) >= 11 is 0. The van der Waals surface area contributed by atoms with E-state index in [0.717, 1.165) is 5.56 Å². The first kappa shape index (κ1) is 27.8. The average Bonchev–Trinajstić information content (AvgIpc) is 2.81. The fourth-order valence-corrected chi connectivity index (χ4v) is 4.32. The first-order valence-electron chi connectivity index (χ1n) is 12.2. The molecule has 0 saturated heterocycles. The molecule has 0 fully saturated rings. The predicted octanol–water partition coefficient (Wildman–Crippen LogP) is 1.44. The van der Waals surface area contributed by atoms with E-state index < -0.39 is 17.9 Å². The van der Waals surface area contributed by atoms with Gasteiger partial charge in [-0.1, -0.05) is 30.0 Å². The van der Waals surface area contributed by atoms with Crippen LogP contribution in [0.25, 0.3) is 0 Å². The molecule has 10 nitrogen and oxygen atoms in total. The van der Waals surface area contributed by atoms with Crippen molar-refractivity contribution in [3.8, 4) is 11.8 Å². The lowest BCUT2D eigenvalue weighted by atomic mass is 10.1. The maximum Gasteiger partial charge on any atom is 0.317 e. The van der Waals surface area contributed by atoms with E-state index in [0.29, 0.717) is 56.0 Å². The minimum Gasteiger partial charge on any atom is -0.480 e. The first-order valence-corrected chi connectivity index (χ1v) is 12.2. The number of carbonyl (C=O) groups is 3. The molecule has 0 amide bonds. The second kappa shape index (κ2) is 14.1. The zero-order chi connectivity index (χ0) is 26.6. The number of hydrogen-bond acceptors (Lipinski definition) is 7. The van der Waals surface area contributed by atoms with Crippen LogP contribution < -0.4 is 0 Å². The summed E-state index contributed by atoms with van der Waals surface area (Å²) < 4.78 is 0. The van der Waals surface area contributed by atoms with E-state index in [1.807, 2.05) is 42.5 Å². The highest BCUT2D eigenvalue weighted by Crippen LogP contribution is 2.13. The summed E-state index contributed by atoms with van der Waals surface area (Å²) in [5.74, 6) is 3.43. The molecular weight excluding hydrogens is 476 g/mol. The zero-order valence-corrected chi connectivity index (χ0v) is 20.7. The van der Waals surface area contributed by atoms with Crippen molar-refractivity contribution in [2.24, 2.45) is 0 Å².